The van der Waals surface area contributed by atoms with E-state index in [1.54, 1.807) is 36.7 Å². The molecule has 0 saturated carbocycles. The molecule has 6 rings (SSSR count). The van der Waals surface area contributed by atoms with Crippen molar-refractivity contribution in [3.05, 3.63) is 94.2 Å². The number of carbonyl (C=O) groups is 3. The average molecular weight is 798 g/mol. The Morgan fingerprint density at radius 2 is 1.27 bits per heavy atom. The molecule has 0 fully saturated rings. The quantitative estimate of drug-likeness (QED) is 0.106. The van der Waals surface area contributed by atoms with Crippen LogP contribution < -0.4 is 15.0 Å². The Morgan fingerprint density at radius 3 is 1.82 bits per heavy atom. The lowest BCUT2D eigenvalue weighted by atomic mass is 10.1. The van der Waals surface area contributed by atoms with Crippen molar-refractivity contribution in [1.29, 1.82) is 0 Å². The molecular formula is C41H43N5O8S2. The van der Waals surface area contributed by atoms with Crippen LogP contribution in [0, 0.1) is 0 Å². The van der Waals surface area contributed by atoms with Crippen molar-refractivity contribution in [3.63, 3.8) is 0 Å². The highest BCUT2D eigenvalue weighted by molar-refractivity contribution is 7.98. The standard InChI is InChI=1S/C21H22N2O4S.C20H21N3O4S/c1-21(2,3)27-19(25)9-13-5-6-15(11-18(13)28-4)26-17-7-8-22-20-16(17)10-14(24)12-23-20;1-20(2,3)27-17(25)9-12-5-6-13(10-15(12)28-4)26-14-7-8-21-19-18(14)22-11-16(24)23-19/h5-8,11-12H,9-10H2,1-4H3;5-8,10-11H,9H2,1-4H3,(H,21,23,24). The van der Waals surface area contributed by atoms with E-state index in [1.807, 2.05) is 78.3 Å². The van der Waals surface area contributed by atoms with Crippen molar-refractivity contribution in [3.8, 4) is 23.0 Å². The molecule has 3 aromatic heterocycles. The molecular weight excluding hydrogens is 755 g/mol. The van der Waals surface area contributed by atoms with Crippen molar-refractivity contribution in [2.45, 2.75) is 81.8 Å². The van der Waals surface area contributed by atoms with Gasteiger partial charge in [-0.25, -0.2) is 19.9 Å². The lowest BCUT2D eigenvalue weighted by Gasteiger charge is -2.20. The Labute approximate surface area is 333 Å². The normalized spacial score (nSPS) is 12.3. The fourth-order valence-corrected chi connectivity index (χ4v) is 6.66. The number of carbonyl (C=O) groups excluding carboxylic acids is 3. The molecule has 0 atom stereocenters. The second kappa shape index (κ2) is 17.9. The van der Waals surface area contributed by atoms with Crippen molar-refractivity contribution in [2.75, 3.05) is 12.5 Å². The molecule has 0 unspecified atom stereocenters. The van der Waals surface area contributed by atoms with Crippen LogP contribution in [0.5, 0.6) is 23.0 Å². The third kappa shape index (κ3) is 11.7. The maximum Gasteiger partial charge on any atom is 0.310 e. The third-order valence-corrected chi connectivity index (χ3v) is 9.23. The summed E-state index contributed by atoms with van der Waals surface area (Å²) in [7, 11) is 0. The van der Waals surface area contributed by atoms with E-state index in [4.69, 9.17) is 18.9 Å². The predicted octanol–water partition coefficient (Wildman–Crippen LogP) is 8.02. The number of hydrogen-bond acceptors (Lipinski definition) is 14. The molecule has 1 aliphatic heterocycles. The van der Waals surface area contributed by atoms with Crippen LogP contribution >= 0.6 is 23.5 Å². The number of esters is 2. The molecule has 292 valence electrons. The highest BCUT2D eigenvalue weighted by Crippen LogP contribution is 2.35. The van der Waals surface area contributed by atoms with Crippen LogP contribution in [0.3, 0.4) is 0 Å². The average Bonchev–Trinajstić information content (AvgIpc) is 3.11. The highest BCUT2D eigenvalue weighted by atomic mass is 32.2. The Kier molecular flexibility index (Phi) is 13.3. The minimum atomic E-state index is -0.518. The number of Topliss-reactive ketones (excluding diaryl/α,β-unsaturated/α-hetero) is 1. The van der Waals surface area contributed by atoms with Crippen molar-refractivity contribution >= 4 is 64.4 Å². The van der Waals surface area contributed by atoms with Crippen LogP contribution in [0.2, 0.25) is 0 Å². The summed E-state index contributed by atoms with van der Waals surface area (Å²) in [6.07, 6.45) is 10.1. The third-order valence-electron chi connectivity index (χ3n) is 7.59. The molecule has 0 amide bonds. The summed E-state index contributed by atoms with van der Waals surface area (Å²) in [5, 5.41) is 0. The number of fused-ring (bicyclic) bond motifs is 2. The fraction of sp³-hybridized carbons (Fsp3) is 0.317. The summed E-state index contributed by atoms with van der Waals surface area (Å²) in [6, 6.07) is 14.5. The van der Waals surface area contributed by atoms with Gasteiger partial charge < -0.3 is 23.9 Å². The van der Waals surface area contributed by atoms with Crippen molar-refractivity contribution in [2.24, 2.45) is 4.99 Å². The number of H-pyrrole nitrogens is 1. The summed E-state index contributed by atoms with van der Waals surface area (Å²) in [4.78, 5) is 68.3. The zero-order valence-electron chi connectivity index (χ0n) is 32.4. The molecule has 0 aliphatic carbocycles. The number of rotatable bonds is 10. The first-order chi connectivity index (χ1) is 26.5. The minimum Gasteiger partial charge on any atom is -0.460 e. The number of aromatic amines is 1. The molecule has 0 bridgehead atoms. The molecule has 5 aromatic rings. The van der Waals surface area contributed by atoms with Crippen LogP contribution in [0.4, 0.5) is 5.82 Å². The first-order valence-electron chi connectivity index (χ1n) is 17.5. The van der Waals surface area contributed by atoms with Gasteiger partial charge in [-0.05, 0) is 95.5 Å². The molecule has 1 N–H and O–H groups in total. The molecule has 4 heterocycles. The van der Waals surface area contributed by atoms with E-state index in [0.29, 0.717) is 45.5 Å². The van der Waals surface area contributed by atoms with Gasteiger partial charge in [0.2, 0.25) is 0 Å². The maximum absolute atomic E-state index is 12.1. The smallest absolute Gasteiger partial charge is 0.310 e. The lowest BCUT2D eigenvalue weighted by molar-refractivity contribution is -0.155. The SMILES string of the molecule is CSc1cc(Oc2ccnc3[nH]c(=O)cnc23)ccc1CC(=O)OC(C)(C)C.CSc1cc(Oc2ccnc3c2CC(=O)C=N3)ccc1CC(=O)OC(C)(C)C. The molecule has 56 heavy (non-hydrogen) atoms. The van der Waals surface area contributed by atoms with Gasteiger partial charge in [-0.3, -0.25) is 19.2 Å². The Hall–Kier alpha value is -5.54. The van der Waals surface area contributed by atoms with E-state index in [0.717, 1.165) is 20.9 Å². The van der Waals surface area contributed by atoms with E-state index in [-0.39, 0.29) is 42.5 Å². The van der Waals surface area contributed by atoms with Gasteiger partial charge in [0.15, 0.2) is 23.0 Å². The van der Waals surface area contributed by atoms with Crippen LogP contribution in [-0.4, -0.2) is 67.6 Å². The number of nitrogens with zero attached hydrogens (tertiary/aromatic N) is 4. The molecule has 15 heteroatoms. The second-order valence-corrected chi connectivity index (χ2v) is 16.1. The lowest BCUT2D eigenvalue weighted by Crippen LogP contribution is -2.25. The van der Waals surface area contributed by atoms with Crippen LogP contribution in [0.1, 0.15) is 58.2 Å². The summed E-state index contributed by atoms with van der Waals surface area (Å²) in [6.45, 7) is 11.1. The number of ketones is 1. The van der Waals surface area contributed by atoms with Crippen LogP contribution in [0.15, 0.2) is 86.7 Å². The van der Waals surface area contributed by atoms with E-state index in [2.05, 4.69) is 24.9 Å². The Bertz CT molecular complexity index is 2350. The number of aliphatic imine (C=N–C) groups is 1. The number of hydrogen-bond donors (Lipinski definition) is 1. The largest absolute Gasteiger partial charge is 0.460 e. The van der Waals surface area contributed by atoms with Gasteiger partial charge in [0.25, 0.3) is 5.56 Å². The van der Waals surface area contributed by atoms with Gasteiger partial charge in [-0.2, -0.15) is 0 Å². The van der Waals surface area contributed by atoms with Crippen LogP contribution in [-0.2, 0) is 43.1 Å². The zero-order valence-corrected chi connectivity index (χ0v) is 34.1. The first-order valence-corrected chi connectivity index (χ1v) is 20.0. The number of pyridine rings is 2. The van der Waals surface area contributed by atoms with Gasteiger partial charge >= 0.3 is 11.9 Å². The summed E-state index contributed by atoms with van der Waals surface area (Å²) < 4.78 is 22.8. The molecule has 1 aliphatic rings. The monoisotopic (exact) mass is 797 g/mol. The number of benzene rings is 2. The molecule has 2 aromatic carbocycles. The van der Waals surface area contributed by atoms with Crippen LogP contribution in [0.25, 0.3) is 11.2 Å². The summed E-state index contributed by atoms with van der Waals surface area (Å²) in [5.74, 6) is 2.13. The zero-order chi connectivity index (χ0) is 40.6. The first kappa shape index (κ1) is 41.6. The van der Waals surface area contributed by atoms with E-state index >= 15 is 0 Å². The maximum atomic E-state index is 12.1. The molecule has 0 saturated heterocycles. The van der Waals surface area contributed by atoms with Gasteiger partial charge in [-0.1, -0.05) is 12.1 Å². The molecule has 13 nitrogen and oxygen atoms in total. The number of ether oxygens (including phenoxy) is 4. The van der Waals surface area contributed by atoms with Gasteiger partial charge in [0.05, 0.1) is 25.3 Å². The second-order valence-electron chi connectivity index (χ2n) is 14.4. The topological polar surface area (TPSA) is 172 Å². The van der Waals surface area contributed by atoms with Gasteiger partial charge in [0.1, 0.15) is 34.0 Å². The van der Waals surface area contributed by atoms with E-state index < -0.39 is 11.2 Å². The highest BCUT2D eigenvalue weighted by Gasteiger charge is 2.21. The number of nitrogens with one attached hydrogen (secondary N) is 1. The van der Waals surface area contributed by atoms with E-state index in [9.17, 15) is 19.2 Å². The molecule has 0 radical (unpaired) electrons. The Morgan fingerprint density at radius 1 is 0.732 bits per heavy atom. The van der Waals surface area contributed by atoms with E-state index in [1.165, 1.54) is 35.9 Å². The van der Waals surface area contributed by atoms with Gasteiger partial charge in [-0.15, -0.1) is 23.5 Å². The predicted molar refractivity (Wildman–Crippen MR) is 217 cm³/mol. The fourth-order valence-electron chi connectivity index (χ4n) is 5.39. The Balaban J connectivity index is 0.000000214. The van der Waals surface area contributed by atoms with Crippen molar-refractivity contribution in [1.82, 2.24) is 19.9 Å². The van der Waals surface area contributed by atoms with Crippen molar-refractivity contribution < 1.29 is 33.3 Å². The van der Waals surface area contributed by atoms with Gasteiger partial charge in [0, 0.05) is 40.2 Å². The summed E-state index contributed by atoms with van der Waals surface area (Å²) in [5.41, 5.74) is 1.90. The minimum absolute atomic E-state index is 0.0807. The summed E-state index contributed by atoms with van der Waals surface area (Å²) >= 11 is 3.05. The number of thioether (sulfide) groups is 2. The molecule has 0 spiro atoms. The number of aromatic nitrogens is 4.